The van der Waals surface area contributed by atoms with Crippen molar-refractivity contribution in [1.29, 1.82) is 0 Å². The lowest BCUT2D eigenvalue weighted by molar-refractivity contribution is -0.136. The Hall–Kier alpha value is -7.09. The van der Waals surface area contributed by atoms with Crippen LogP contribution in [0.5, 0.6) is 11.5 Å². The number of fused-ring (bicyclic) bond motifs is 3. The Labute approximate surface area is 387 Å². The van der Waals surface area contributed by atoms with E-state index >= 15 is 0 Å². The fraction of sp³-hybridized carbons (Fsp3) is 0.396. The first-order valence-corrected chi connectivity index (χ1v) is 22.1. The molecule has 1 saturated heterocycles. The predicted octanol–water partition coefficient (Wildman–Crippen LogP) is 3.82. The van der Waals surface area contributed by atoms with Crippen LogP contribution in [-0.2, 0) is 35.0 Å². The first kappa shape index (κ1) is 47.9. The zero-order chi connectivity index (χ0) is 47.5. The summed E-state index contributed by atoms with van der Waals surface area (Å²) in [5.41, 5.74) is 3.36. The van der Waals surface area contributed by atoms with Gasteiger partial charge in [0.05, 0.1) is 62.1 Å². The van der Waals surface area contributed by atoms with Crippen LogP contribution in [0.4, 0.5) is 17.2 Å². The van der Waals surface area contributed by atoms with Gasteiger partial charge in [-0.05, 0) is 56.0 Å². The summed E-state index contributed by atoms with van der Waals surface area (Å²) in [5, 5.41) is 4.87. The molecule has 0 aliphatic carbocycles. The number of unbranched alkanes of at least 4 members (excludes halogenated alkanes) is 1. The number of ether oxygens (including phenoxy) is 5. The number of carbonyl (C=O) groups is 7. The number of Topliss-reactive ketones (excluding diaryl/α,β-unsaturated/α-hetero) is 1. The zero-order valence-electron chi connectivity index (χ0n) is 37.7. The van der Waals surface area contributed by atoms with Gasteiger partial charge in [0, 0.05) is 64.2 Å². The molecular formula is C48H53N7O12. The Morgan fingerprint density at radius 1 is 0.776 bits per heavy atom. The van der Waals surface area contributed by atoms with Crippen molar-refractivity contribution in [2.24, 2.45) is 0 Å². The molecule has 1 unspecified atom stereocenters. The van der Waals surface area contributed by atoms with Crippen molar-refractivity contribution in [2.75, 3.05) is 83.8 Å². The van der Waals surface area contributed by atoms with Gasteiger partial charge in [-0.3, -0.25) is 43.8 Å². The third kappa shape index (κ3) is 11.3. The molecule has 19 nitrogen and oxygen atoms in total. The Balaban J connectivity index is 0.716. The normalized spacial score (nSPS) is 15.5. The van der Waals surface area contributed by atoms with Crippen LogP contribution in [0.25, 0.3) is 0 Å². The third-order valence-electron chi connectivity index (χ3n) is 11.5. The molecule has 3 aliphatic heterocycles. The molecule has 3 aromatic carbocycles. The molecule has 1 aromatic heterocycles. The SMILES string of the molecule is COc1cc(C(=O)CCCCOCCOCCOCCCNC(=O)COc2cccc3c2C(=O)N(C2CCC(=O)NC2=O)C3=O)ccc1Cc1ncc2c(n1)N(C)c1ccccc1C(=O)N2C. The molecule has 4 heterocycles. The van der Waals surface area contributed by atoms with Crippen LogP contribution in [0.3, 0.4) is 0 Å². The third-order valence-corrected chi connectivity index (χ3v) is 11.5. The quantitative estimate of drug-likeness (QED) is 0.0613. The smallest absolute Gasteiger partial charge is 0.266 e. The lowest BCUT2D eigenvalue weighted by Crippen LogP contribution is -2.54. The molecule has 0 radical (unpaired) electrons. The minimum Gasteiger partial charge on any atom is -0.496 e. The number of methoxy groups -OCH3 is 1. The van der Waals surface area contributed by atoms with Gasteiger partial charge in [-0.25, -0.2) is 9.97 Å². The number of nitrogens with one attached hydrogen (secondary N) is 2. The van der Waals surface area contributed by atoms with E-state index in [9.17, 15) is 33.6 Å². The molecule has 67 heavy (non-hydrogen) atoms. The number of anilines is 3. The van der Waals surface area contributed by atoms with E-state index in [-0.39, 0.29) is 41.4 Å². The first-order chi connectivity index (χ1) is 32.5. The van der Waals surface area contributed by atoms with E-state index in [1.807, 2.05) is 36.2 Å². The van der Waals surface area contributed by atoms with Crippen LogP contribution in [0.1, 0.15) is 91.3 Å². The fourth-order valence-corrected chi connectivity index (χ4v) is 7.93. The monoisotopic (exact) mass is 919 g/mol. The highest BCUT2D eigenvalue weighted by atomic mass is 16.5. The summed E-state index contributed by atoms with van der Waals surface area (Å²) in [6.07, 6.45) is 4.33. The number of hydrogen-bond acceptors (Lipinski definition) is 15. The standard InChI is InChI=1S/C48H53N7O12/c1-53-34-12-5-4-10-32(34)46(60)54(2)36-28-50-40(51-44(36)53)27-31-16-15-30(26-39(31)63-3)37(56)13-6-7-20-64-22-24-66-25-23-65-21-9-19-49-42(58)29-67-38-14-8-11-33-43(38)48(62)55(47(33)61)35-17-18-41(57)52-45(35)59/h4-5,8,10-12,14-16,26,28,35H,6-7,9,13,17-25,27,29H2,1-3H3,(H,49,58)(H,52,57,59). The number of amides is 6. The van der Waals surface area contributed by atoms with Crippen molar-refractivity contribution >= 4 is 58.4 Å². The second-order valence-electron chi connectivity index (χ2n) is 16.0. The van der Waals surface area contributed by atoms with Crippen molar-refractivity contribution < 1.29 is 57.2 Å². The molecule has 19 heteroatoms. The fourth-order valence-electron chi connectivity index (χ4n) is 7.93. The van der Waals surface area contributed by atoms with Gasteiger partial charge in [0.25, 0.3) is 23.6 Å². The van der Waals surface area contributed by atoms with Gasteiger partial charge in [-0.15, -0.1) is 0 Å². The summed E-state index contributed by atoms with van der Waals surface area (Å²) in [7, 11) is 5.15. The summed E-state index contributed by atoms with van der Waals surface area (Å²) in [5.74, 6) is -1.35. The molecule has 1 atom stereocenters. The van der Waals surface area contributed by atoms with Gasteiger partial charge in [0.2, 0.25) is 11.8 Å². The van der Waals surface area contributed by atoms with Crippen molar-refractivity contribution in [3.05, 3.63) is 101 Å². The lowest BCUT2D eigenvalue weighted by Gasteiger charge is -2.27. The van der Waals surface area contributed by atoms with Crippen molar-refractivity contribution in [3.63, 3.8) is 0 Å². The molecule has 0 spiro atoms. The van der Waals surface area contributed by atoms with Gasteiger partial charge in [0.1, 0.15) is 29.1 Å². The number of rotatable bonds is 23. The van der Waals surface area contributed by atoms with Gasteiger partial charge in [-0.1, -0.05) is 30.3 Å². The highest BCUT2D eigenvalue weighted by molar-refractivity contribution is 6.24. The van der Waals surface area contributed by atoms with Crippen molar-refractivity contribution in [2.45, 2.75) is 51.0 Å². The van der Waals surface area contributed by atoms with E-state index in [0.717, 1.165) is 16.2 Å². The number of hydrogen-bond donors (Lipinski definition) is 2. The minimum absolute atomic E-state index is 0.00545. The van der Waals surface area contributed by atoms with E-state index in [1.54, 1.807) is 43.5 Å². The maximum absolute atomic E-state index is 13.2. The van der Waals surface area contributed by atoms with Crippen molar-refractivity contribution in [1.82, 2.24) is 25.5 Å². The Morgan fingerprint density at radius 3 is 2.27 bits per heavy atom. The van der Waals surface area contributed by atoms with Crippen LogP contribution < -0.4 is 29.9 Å². The van der Waals surface area contributed by atoms with E-state index in [0.29, 0.717) is 112 Å². The molecule has 7 rings (SSSR count). The Kier molecular flexibility index (Phi) is 16.0. The Bertz CT molecular complexity index is 2530. The van der Waals surface area contributed by atoms with E-state index < -0.39 is 42.2 Å². The highest BCUT2D eigenvalue weighted by Gasteiger charge is 2.46. The summed E-state index contributed by atoms with van der Waals surface area (Å²) in [6, 6.07) is 16.2. The van der Waals surface area contributed by atoms with Gasteiger partial charge in [-0.2, -0.15) is 0 Å². The van der Waals surface area contributed by atoms with E-state index in [2.05, 4.69) is 15.6 Å². The molecule has 6 amide bonds. The highest BCUT2D eigenvalue weighted by Crippen LogP contribution is 2.38. The van der Waals surface area contributed by atoms with E-state index in [1.165, 1.54) is 18.2 Å². The van der Waals surface area contributed by atoms with E-state index in [4.69, 9.17) is 28.7 Å². The summed E-state index contributed by atoms with van der Waals surface area (Å²) in [4.78, 5) is 102. The van der Waals surface area contributed by atoms with Gasteiger partial charge >= 0.3 is 0 Å². The Morgan fingerprint density at radius 2 is 1.51 bits per heavy atom. The number of nitrogens with zero attached hydrogens (tertiary/aromatic N) is 5. The minimum atomic E-state index is -1.11. The number of benzene rings is 3. The largest absolute Gasteiger partial charge is 0.496 e. The molecule has 0 bridgehead atoms. The number of piperidine rings is 1. The van der Waals surface area contributed by atoms with Crippen molar-refractivity contribution in [3.8, 4) is 11.5 Å². The van der Waals surface area contributed by atoms with Crippen LogP contribution in [0, 0.1) is 0 Å². The maximum Gasteiger partial charge on any atom is 0.266 e. The molecule has 3 aliphatic rings. The van der Waals surface area contributed by atoms with Gasteiger partial charge < -0.3 is 38.8 Å². The second kappa shape index (κ2) is 22.4. The van der Waals surface area contributed by atoms with Crippen LogP contribution in [0.15, 0.2) is 66.9 Å². The zero-order valence-corrected chi connectivity index (χ0v) is 37.7. The first-order valence-electron chi connectivity index (χ1n) is 22.1. The van der Waals surface area contributed by atoms with Gasteiger partial charge in [0.15, 0.2) is 18.2 Å². The lowest BCUT2D eigenvalue weighted by atomic mass is 10.0. The molecule has 0 saturated carbocycles. The molecular weight excluding hydrogens is 867 g/mol. The van der Waals surface area contributed by atoms with Crippen LogP contribution in [0.2, 0.25) is 0 Å². The molecule has 352 valence electrons. The molecule has 1 fully saturated rings. The predicted molar refractivity (Wildman–Crippen MR) is 242 cm³/mol. The number of para-hydroxylation sites is 1. The second-order valence-corrected chi connectivity index (χ2v) is 16.0. The van der Waals surface area contributed by atoms with Crippen LogP contribution in [-0.4, -0.2) is 136 Å². The maximum atomic E-state index is 13.2. The number of aromatic nitrogens is 2. The molecule has 4 aromatic rings. The topological polar surface area (TPSA) is 225 Å². The number of ketones is 1. The summed E-state index contributed by atoms with van der Waals surface area (Å²) >= 11 is 0. The van der Waals surface area contributed by atoms with Crippen LogP contribution >= 0.6 is 0 Å². The average molecular weight is 920 g/mol. The number of carbonyl (C=O) groups excluding carboxylic acids is 7. The summed E-state index contributed by atoms with van der Waals surface area (Å²) < 4.78 is 28.1. The average Bonchev–Trinajstić information content (AvgIpc) is 3.55. The summed E-state index contributed by atoms with van der Waals surface area (Å²) in [6.45, 7) is 2.33. The number of imide groups is 2. The molecule has 2 N–H and O–H groups in total.